The zero-order valence-electron chi connectivity index (χ0n) is 11.0. The Morgan fingerprint density at radius 1 is 1.19 bits per heavy atom. The lowest BCUT2D eigenvalue weighted by molar-refractivity contribution is -0.128. The first-order valence-electron chi connectivity index (χ1n) is 6.40. The largest absolute Gasteiger partial charge is 0.321 e. The Morgan fingerprint density at radius 3 is 2.52 bits per heavy atom. The highest BCUT2D eigenvalue weighted by molar-refractivity contribution is 8.00. The molecule has 21 heavy (non-hydrogen) atoms. The number of halogens is 2. The number of carbonyl (C=O) groups excluding carboxylic acids is 1. The van der Waals surface area contributed by atoms with E-state index < -0.39 is 11.6 Å². The molecule has 108 valence electrons. The lowest BCUT2D eigenvalue weighted by Crippen LogP contribution is -2.28. The molecule has 1 atom stereocenters. The summed E-state index contributed by atoms with van der Waals surface area (Å²) < 4.78 is 27.5. The van der Waals surface area contributed by atoms with Crippen molar-refractivity contribution in [1.29, 1.82) is 0 Å². The van der Waals surface area contributed by atoms with Crippen molar-refractivity contribution in [1.82, 2.24) is 9.88 Å². The van der Waals surface area contributed by atoms with Crippen molar-refractivity contribution in [2.45, 2.75) is 11.9 Å². The molecule has 3 rings (SSSR count). The lowest BCUT2D eigenvalue weighted by Gasteiger charge is -2.24. The fraction of sp³-hybridized carbons (Fsp3) is 0.200. The number of benzene rings is 1. The number of aromatic nitrogens is 1. The number of carbonyl (C=O) groups is 1. The molecule has 2 aromatic rings. The number of hydrogen-bond donors (Lipinski definition) is 0. The van der Waals surface area contributed by atoms with Crippen LogP contribution in [-0.4, -0.2) is 21.5 Å². The summed E-state index contributed by atoms with van der Waals surface area (Å²) in [5.41, 5.74) is 0.824. The van der Waals surface area contributed by atoms with Crippen LogP contribution in [0.1, 0.15) is 16.5 Å². The van der Waals surface area contributed by atoms with Gasteiger partial charge >= 0.3 is 0 Å². The van der Waals surface area contributed by atoms with Gasteiger partial charge in [-0.1, -0.05) is 6.07 Å². The molecular weight excluding hydrogens is 294 g/mol. The van der Waals surface area contributed by atoms with Gasteiger partial charge in [0.1, 0.15) is 17.0 Å². The van der Waals surface area contributed by atoms with E-state index in [1.807, 2.05) is 0 Å². The van der Waals surface area contributed by atoms with E-state index in [-0.39, 0.29) is 23.4 Å². The van der Waals surface area contributed by atoms with Gasteiger partial charge in [-0.2, -0.15) is 0 Å². The first-order valence-corrected chi connectivity index (χ1v) is 7.45. The monoisotopic (exact) mass is 306 g/mol. The second-order valence-electron chi connectivity index (χ2n) is 4.67. The first-order chi connectivity index (χ1) is 10.2. The van der Waals surface area contributed by atoms with E-state index in [1.54, 1.807) is 24.5 Å². The summed E-state index contributed by atoms with van der Waals surface area (Å²) in [7, 11) is 0. The summed E-state index contributed by atoms with van der Waals surface area (Å²) in [5.74, 6) is -1.07. The Morgan fingerprint density at radius 2 is 1.86 bits per heavy atom. The molecule has 1 aliphatic heterocycles. The van der Waals surface area contributed by atoms with Crippen molar-refractivity contribution in [2.75, 3.05) is 5.75 Å². The van der Waals surface area contributed by atoms with E-state index in [9.17, 15) is 13.6 Å². The predicted molar refractivity (Wildman–Crippen MR) is 76.3 cm³/mol. The normalized spacial score (nSPS) is 18.3. The summed E-state index contributed by atoms with van der Waals surface area (Å²) in [6.07, 6.45) is 3.28. The van der Waals surface area contributed by atoms with Gasteiger partial charge in [-0.3, -0.25) is 9.78 Å². The molecule has 0 radical (unpaired) electrons. The molecule has 0 spiro atoms. The van der Waals surface area contributed by atoms with Crippen LogP contribution in [-0.2, 0) is 11.3 Å². The molecule has 6 heteroatoms. The SMILES string of the molecule is O=C1CSC(c2ccncc2)N1Cc1c(F)cccc1F. The van der Waals surface area contributed by atoms with E-state index in [1.165, 1.54) is 34.9 Å². The van der Waals surface area contributed by atoms with Crippen LogP contribution in [0.25, 0.3) is 0 Å². The Kier molecular flexibility index (Phi) is 3.88. The predicted octanol–water partition coefficient (Wildman–Crippen LogP) is 3.13. The number of hydrogen-bond acceptors (Lipinski definition) is 3. The zero-order chi connectivity index (χ0) is 14.8. The fourth-order valence-corrected chi connectivity index (χ4v) is 3.47. The van der Waals surface area contributed by atoms with Crippen molar-refractivity contribution in [3.63, 3.8) is 0 Å². The van der Waals surface area contributed by atoms with Gasteiger partial charge in [0.05, 0.1) is 12.3 Å². The molecule has 1 amide bonds. The summed E-state index contributed by atoms with van der Waals surface area (Å²) >= 11 is 1.45. The second-order valence-corrected chi connectivity index (χ2v) is 5.73. The molecule has 1 aliphatic rings. The molecule has 1 unspecified atom stereocenters. The molecule has 2 heterocycles. The van der Waals surface area contributed by atoms with Crippen molar-refractivity contribution in [2.24, 2.45) is 0 Å². The topological polar surface area (TPSA) is 33.2 Å². The average molecular weight is 306 g/mol. The van der Waals surface area contributed by atoms with Gasteiger partial charge in [-0.05, 0) is 29.8 Å². The minimum absolute atomic E-state index is 0.0721. The maximum absolute atomic E-state index is 13.8. The molecule has 1 saturated heterocycles. The third kappa shape index (κ3) is 2.76. The van der Waals surface area contributed by atoms with Crippen molar-refractivity contribution < 1.29 is 13.6 Å². The van der Waals surface area contributed by atoms with Crippen LogP contribution in [0.2, 0.25) is 0 Å². The standard InChI is InChI=1S/C15H12F2N2OS/c16-12-2-1-3-13(17)11(12)8-19-14(20)9-21-15(19)10-4-6-18-7-5-10/h1-7,15H,8-9H2. The van der Waals surface area contributed by atoms with Gasteiger partial charge in [0.15, 0.2) is 0 Å². The molecule has 0 saturated carbocycles. The van der Waals surface area contributed by atoms with E-state index in [2.05, 4.69) is 4.98 Å². The van der Waals surface area contributed by atoms with Crippen LogP contribution in [0.3, 0.4) is 0 Å². The number of nitrogens with zero attached hydrogens (tertiary/aromatic N) is 2. The summed E-state index contributed by atoms with van der Waals surface area (Å²) in [5, 5.41) is -0.237. The minimum Gasteiger partial charge on any atom is -0.321 e. The lowest BCUT2D eigenvalue weighted by atomic mass is 10.1. The van der Waals surface area contributed by atoms with Gasteiger partial charge in [0.25, 0.3) is 0 Å². The fourth-order valence-electron chi connectivity index (χ4n) is 2.28. The maximum atomic E-state index is 13.8. The maximum Gasteiger partial charge on any atom is 0.234 e. The van der Waals surface area contributed by atoms with E-state index in [0.29, 0.717) is 5.75 Å². The second kappa shape index (κ2) is 5.81. The molecule has 0 bridgehead atoms. The summed E-state index contributed by atoms with van der Waals surface area (Å²) in [6, 6.07) is 7.33. The molecule has 1 aromatic carbocycles. The molecule has 0 N–H and O–H groups in total. The summed E-state index contributed by atoms with van der Waals surface area (Å²) in [4.78, 5) is 17.5. The minimum atomic E-state index is -0.631. The van der Waals surface area contributed by atoms with Crippen molar-refractivity contribution >= 4 is 17.7 Å². The van der Waals surface area contributed by atoms with Gasteiger partial charge in [0.2, 0.25) is 5.91 Å². The van der Waals surface area contributed by atoms with Crippen LogP contribution < -0.4 is 0 Å². The third-order valence-corrected chi connectivity index (χ3v) is 4.61. The zero-order valence-corrected chi connectivity index (χ0v) is 11.8. The highest BCUT2D eigenvalue weighted by Gasteiger charge is 2.33. The number of thioether (sulfide) groups is 1. The number of rotatable bonds is 3. The van der Waals surface area contributed by atoms with E-state index in [4.69, 9.17) is 0 Å². The molecule has 0 aliphatic carbocycles. The smallest absolute Gasteiger partial charge is 0.234 e. The Balaban J connectivity index is 1.90. The number of pyridine rings is 1. The molecule has 1 fully saturated rings. The third-order valence-electron chi connectivity index (χ3n) is 3.35. The Bertz CT molecular complexity index is 646. The van der Waals surface area contributed by atoms with Gasteiger partial charge in [-0.25, -0.2) is 8.78 Å². The highest BCUT2D eigenvalue weighted by Crippen LogP contribution is 2.39. The van der Waals surface area contributed by atoms with E-state index in [0.717, 1.165) is 5.56 Å². The first kappa shape index (κ1) is 14.0. The Hall–Kier alpha value is -1.95. The van der Waals surface area contributed by atoms with Crippen molar-refractivity contribution in [3.8, 4) is 0 Å². The van der Waals surface area contributed by atoms with Crippen molar-refractivity contribution in [3.05, 3.63) is 65.5 Å². The summed E-state index contributed by atoms with van der Waals surface area (Å²) in [6.45, 7) is -0.0721. The van der Waals surface area contributed by atoms with Gasteiger partial charge < -0.3 is 4.90 Å². The quantitative estimate of drug-likeness (QED) is 0.873. The van der Waals surface area contributed by atoms with Crippen LogP contribution in [0.5, 0.6) is 0 Å². The highest BCUT2D eigenvalue weighted by atomic mass is 32.2. The van der Waals surface area contributed by atoms with Crippen LogP contribution in [0.4, 0.5) is 8.78 Å². The molecular formula is C15H12F2N2OS. The van der Waals surface area contributed by atoms with Gasteiger partial charge in [0, 0.05) is 18.0 Å². The Labute approximate surface area is 125 Å². The van der Waals surface area contributed by atoms with Crippen LogP contribution in [0.15, 0.2) is 42.7 Å². The van der Waals surface area contributed by atoms with Crippen LogP contribution >= 0.6 is 11.8 Å². The van der Waals surface area contributed by atoms with E-state index >= 15 is 0 Å². The molecule has 3 nitrogen and oxygen atoms in total. The average Bonchev–Trinajstić information content (AvgIpc) is 2.85. The van der Waals surface area contributed by atoms with Gasteiger partial charge in [-0.15, -0.1) is 11.8 Å². The van der Waals surface area contributed by atoms with Crippen LogP contribution in [0, 0.1) is 11.6 Å². The molecule has 1 aromatic heterocycles. The number of amides is 1.